The number of pyridine rings is 1. The number of aryl methyl sites for hydroxylation is 2. The van der Waals surface area contributed by atoms with Gasteiger partial charge in [0.05, 0.1) is 5.56 Å². The van der Waals surface area contributed by atoms with Crippen LogP contribution in [0.5, 0.6) is 0 Å². The summed E-state index contributed by atoms with van der Waals surface area (Å²) < 4.78 is 0. The number of carboxylic acid groups (broad SMARTS) is 1. The normalized spacial score (nSPS) is 9.13. The van der Waals surface area contributed by atoms with Crippen LogP contribution in [0.25, 0.3) is 0 Å². The van der Waals surface area contributed by atoms with Crippen LogP contribution < -0.4 is 0 Å². The maximum Gasteiger partial charge on any atom is 0.335 e. The van der Waals surface area contributed by atoms with E-state index in [0.29, 0.717) is 5.56 Å². The van der Waals surface area contributed by atoms with Gasteiger partial charge in [-0.3, -0.25) is 4.98 Å². The summed E-state index contributed by atoms with van der Waals surface area (Å²) in [5, 5.41) is 8.81. The van der Waals surface area contributed by atoms with Crippen molar-refractivity contribution in [2.75, 3.05) is 0 Å². The molecule has 0 aliphatic rings. The van der Waals surface area contributed by atoms with E-state index in [1.54, 1.807) is 25.1 Å². The number of carboxylic acids is 1. The lowest BCUT2D eigenvalue weighted by molar-refractivity contribution is 0.0696. The first kappa shape index (κ1) is 13.7. The number of halogens is 1. The monoisotopic (exact) mass is 227 g/mol. The molecular weight excluding hydrogens is 214 g/mol. The molecule has 1 heterocycles. The van der Waals surface area contributed by atoms with Gasteiger partial charge in [-0.15, -0.1) is 19.0 Å². The van der Waals surface area contributed by atoms with Gasteiger partial charge in [-0.2, -0.15) is 0 Å². The van der Waals surface area contributed by atoms with Crippen LogP contribution in [-0.2, 0) is 6.42 Å². The van der Waals surface area contributed by atoms with E-state index in [1.165, 1.54) is 0 Å². The molecule has 0 aliphatic carbocycles. The highest BCUT2D eigenvalue weighted by atomic mass is 35.5. The quantitative estimate of drug-likeness (QED) is 0.805. The van der Waals surface area contributed by atoms with E-state index < -0.39 is 5.97 Å². The van der Waals surface area contributed by atoms with Crippen molar-refractivity contribution in [3.8, 4) is 0 Å². The maximum atomic E-state index is 10.7. The van der Waals surface area contributed by atoms with Crippen LogP contribution >= 0.6 is 12.4 Å². The van der Waals surface area contributed by atoms with Gasteiger partial charge < -0.3 is 5.11 Å². The minimum absolute atomic E-state index is 0. The number of aromatic carboxylic acids is 1. The van der Waals surface area contributed by atoms with Crippen LogP contribution in [0.2, 0.25) is 0 Å². The van der Waals surface area contributed by atoms with E-state index in [-0.39, 0.29) is 12.4 Å². The topological polar surface area (TPSA) is 50.2 Å². The predicted octanol–water partition coefficient (Wildman–Crippen LogP) is 2.63. The van der Waals surface area contributed by atoms with Crippen molar-refractivity contribution in [1.82, 2.24) is 4.98 Å². The summed E-state index contributed by atoms with van der Waals surface area (Å²) in [4.78, 5) is 15.0. The number of hydrogen-bond acceptors (Lipinski definition) is 2. The molecule has 1 aromatic rings. The average molecular weight is 228 g/mol. The van der Waals surface area contributed by atoms with Gasteiger partial charge in [0, 0.05) is 11.4 Å². The Morgan fingerprint density at radius 2 is 2.27 bits per heavy atom. The molecule has 15 heavy (non-hydrogen) atoms. The van der Waals surface area contributed by atoms with Gasteiger partial charge in [0.15, 0.2) is 0 Å². The fraction of sp³-hybridized carbons (Fsp3) is 0.273. The van der Waals surface area contributed by atoms with Gasteiger partial charge in [0.2, 0.25) is 0 Å². The molecular formula is C11H14ClNO2. The van der Waals surface area contributed by atoms with Crippen molar-refractivity contribution < 1.29 is 9.90 Å². The molecule has 0 aliphatic heterocycles. The van der Waals surface area contributed by atoms with Crippen molar-refractivity contribution in [1.29, 1.82) is 0 Å². The Balaban J connectivity index is 0.00000196. The second kappa shape index (κ2) is 6.19. The van der Waals surface area contributed by atoms with Gasteiger partial charge in [-0.25, -0.2) is 4.79 Å². The average Bonchev–Trinajstić information content (AvgIpc) is 2.14. The first-order chi connectivity index (χ1) is 6.63. The number of nitrogens with zero attached hydrogens (tertiary/aromatic N) is 1. The maximum absolute atomic E-state index is 10.7. The zero-order valence-corrected chi connectivity index (χ0v) is 9.38. The molecule has 1 aromatic heterocycles. The van der Waals surface area contributed by atoms with Gasteiger partial charge in [-0.05, 0) is 31.9 Å². The molecule has 0 aromatic carbocycles. The Hall–Kier alpha value is -1.35. The molecule has 1 rings (SSSR count). The molecule has 3 nitrogen and oxygen atoms in total. The zero-order chi connectivity index (χ0) is 10.6. The molecule has 0 radical (unpaired) electrons. The van der Waals surface area contributed by atoms with Crippen molar-refractivity contribution in [3.63, 3.8) is 0 Å². The van der Waals surface area contributed by atoms with Crippen LogP contribution in [0.1, 0.15) is 28.2 Å². The summed E-state index contributed by atoms with van der Waals surface area (Å²) in [6, 6.07) is 3.18. The number of aromatic nitrogens is 1. The fourth-order valence-electron chi connectivity index (χ4n) is 1.24. The van der Waals surface area contributed by atoms with E-state index in [9.17, 15) is 4.79 Å². The highest BCUT2D eigenvalue weighted by Crippen LogP contribution is 2.07. The van der Waals surface area contributed by atoms with Crippen molar-refractivity contribution in [3.05, 3.63) is 41.7 Å². The van der Waals surface area contributed by atoms with E-state index in [4.69, 9.17) is 5.11 Å². The van der Waals surface area contributed by atoms with Crippen LogP contribution in [-0.4, -0.2) is 16.1 Å². The smallest absolute Gasteiger partial charge is 0.335 e. The minimum atomic E-state index is -0.907. The van der Waals surface area contributed by atoms with Gasteiger partial charge in [-0.1, -0.05) is 6.08 Å². The summed E-state index contributed by atoms with van der Waals surface area (Å²) in [6.07, 6.45) is 3.35. The summed E-state index contributed by atoms with van der Waals surface area (Å²) >= 11 is 0. The largest absolute Gasteiger partial charge is 0.478 e. The van der Waals surface area contributed by atoms with E-state index in [1.807, 2.05) is 0 Å². The molecule has 1 N–H and O–H groups in total. The third-order valence-corrected chi connectivity index (χ3v) is 1.86. The van der Waals surface area contributed by atoms with Crippen LogP contribution in [0, 0.1) is 6.92 Å². The molecule has 0 saturated carbocycles. The highest BCUT2D eigenvalue weighted by Gasteiger charge is 2.05. The Morgan fingerprint density at radius 3 is 2.80 bits per heavy atom. The Labute approximate surface area is 95.3 Å². The van der Waals surface area contributed by atoms with Crippen LogP contribution in [0.4, 0.5) is 0 Å². The number of hydrogen-bond donors (Lipinski definition) is 1. The highest BCUT2D eigenvalue weighted by molar-refractivity contribution is 5.87. The molecule has 0 fully saturated rings. The molecule has 0 atom stereocenters. The van der Waals surface area contributed by atoms with Gasteiger partial charge >= 0.3 is 5.97 Å². The summed E-state index contributed by atoms with van der Waals surface area (Å²) in [5.74, 6) is -0.907. The number of rotatable bonds is 4. The standard InChI is InChI=1S/C11H13NO2.ClH/c1-3-4-5-10-7-9(11(13)14)6-8(2)12-10;/h3,6-7H,1,4-5H2,2H3,(H,13,14);1H. The lowest BCUT2D eigenvalue weighted by Gasteiger charge is -2.02. The first-order valence-electron chi connectivity index (χ1n) is 4.45. The minimum Gasteiger partial charge on any atom is -0.478 e. The van der Waals surface area contributed by atoms with Gasteiger partial charge in [0.1, 0.15) is 0 Å². The second-order valence-electron chi connectivity index (χ2n) is 3.12. The summed E-state index contributed by atoms with van der Waals surface area (Å²) in [5.41, 5.74) is 1.85. The summed E-state index contributed by atoms with van der Waals surface area (Å²) in [6.45, 7) is 5.41. The molecule has 0 bridgehead atoms. The first-order valence-corrected chi connectivity index (χ1v) is 4.45. The third-order valence-electron chi connectivity index (χ3n) is 1.86. The summed E-state index contributed by atoms with van der Waals surface area (Å²) in [7, 11) is 0. The van der Waals surface area contributed by atoms with Crippen LogP contribution in [0.3, 0.4) is 0 Å². The molecule has 0 unspecified atom stereocenters. The fourth-order valence-corrected chi connectivity index (χ4v) is 1.24. The number of carbonyl (C=O) groups is 1. The lowest BCUT2D eigenvalue weighted by atomic mass is 10.1. The SMILES string of the molecule is C=CCCc1cc(C(=O)O)cc(C)n1.Cl. The van der Waals surface area contributed by atoms with Crippen molar-refractivity contribution >= 4 is 18.4 Å². The molecule has 0 spiro atoms. The van der Waals surface area contributed by atoms with E-state index in [0.717, 1.165) is 24.2 Å². The Bertz CT molecular complexity index is 364. The zero-order valence-electron chi connectivity index (χ0n) is 8.56. The predicted molar refractivity (Wildman–Crippen MR) is 61.7 cm³/mol. The number of allylic oxidation sites excluding steroid dienone is 1. The molecule has 82 valence electrons. The molecule has 0 amide bonds. The third kappa shape index (κ3) is 4.13. The Morgan fingerprint density at radius 1 is 1.60 bits per heavy atom. The van der Waals surface area contributed by atoms with Crippen molar-refractivity contribution in [2.24, 2.45) is 0 Å². The van der Waals surface area contributed by atoms with E-state index in [2.05, 4.69) is 11.6 Å². The molecule has 4 heteroatoms. The van der Waals surface area contributed by atoms with E-state index >= 15 is 0 Å². The van der Waals surface area contributed by atoms with Gasteiger partial charge in [0.25, 0.3) is 0 Å². The molecule has 0 saturated heterocycles. The lowest BCUT2D eigenvalue weighted by Crippen LogP contribution is -2.01. The second-order valence-corrected chi connectivity index (χ2v) is 3.12. The Kier molecular flexibility index (Phi) is 5.64. The van der Waals surface area contributed by atoms with Crippen LogP contribution in [0.15, 0.2) is 24.8 Å². The van der Waals surface area contributed by atoms with Crippen molar-refractivity contribution in [2.45, 2.75) is 19.8 Å².